The molecule has 0 saturated carbocycles. The number of nitrogens with zero attached hydrogens (tertiary/aromatic N) is 1. The molecule has 2 N–H and O–H groups in total. The van der Waals surface area contributed by atoms with Crippen LogP contribution >= 0.6 is 45.2 Å². The molecule has 3 aromatic rings. The molecule has 8 nitrogen and oxygen atoms in total. The van der Waals surface area contributed by atoms with E-state index >= 15 is 0 Å². The number of amides is 4. The summed E-state index contributed by atoms with van der Waals surface area (Å²) in [6.45, 7) is 2.08. The summed E-state index contributed by atoms with van der Waals surface area (Å²) in [6.07, 6.45) is 1.45. The van der Waals surface area contributed by atoms with Gasteiger partial charge in [-0.25, -0.2) is 14.5 Å². The average Bonchev–Trinajstić information content (AvgIpc) is 2.81. The highest BCUT2D eigenvalue weighted by Gasteiger charge is 2.36. The summed E-state index contributed by atoms with van der Waals surface area (Å²) >= 11 is 4.21. The lowest BCUT2D eigenvalue weighted by molar-refractivity contribution is -0.122. The van der Waals surface area contributed by atoms with Crippen molar-refractivity contribution in [2.45, 2.75) is 13.5 Å². The van der Waals surface area contributed by atoms with E-state index < -0.39 is 23.8 Å². The van der Waals surface area contributed by atoms with Crippen LogP contribution in [0.25, 0.3) is 6.08 Å². The first-order valence-corrected chi connectivity index (χ1v) is 12.7. The molecule has 4 rings (SSSR count). The van der Waals surface area contributed by atoms with Gasteiger partial charge in [0.2, 0.25) is 0 Å². The Labute approximate surface area is 233 Å². The van der Waals surface area contributed by atoms with Crippen molar-refractivity contribution in [1.29, 1.82) is 0 Å². The average molecular weight is 708 g/mol. The molecule has 0 aromatic heterocycles. The number of halogens is 2. The summed E-state index contributed by atoms with van der Waals surface area (Å²) in [4.78, 5) is 50.0. The van der Waals surface area contributed by atoms with Crippen LogP contribution in [0.4, 0.5) is 10.5 Å². The van der Waals surface area contributed by atoms with Crippen LogP contribution in [0.3, 0.4) is 0 Å². The highest BCUT2D eigenvalue weighted by molar-refractivity contribution is 14.1. The minimum atomic E-state index is -0.993. The summed E-state index contributed by atoms with van der Waals surface area (Å²) < 4.78 is 7.47. The largest absolute Gasteiger partial charge is 0.487 e. The SMILES string of the molecule is Cc1cccc(N2C(=O)NC(=O)/C(=C\c3cc(I)c(OCc4ccc(C(=O)O)cc4)c(I)c3)C2=O)c1. The zero-order valence-electron chi connectivity index (χ0n) is 18.7. The van der Waals surface area contributed by atoms with Crippen LogP contribution in [-0.2, 0) is 16.2 Å². The molecule has 0 unspecified atom stereocenters. The van der Waals surface area contributed by atoms with E-state index in [2.05, 4.69) is 50.5 Å². The van der Waals surface area contributed by atoms with Gasteiger partial charge in [0.15, 0.2) is 0 Å². The van der Waals surface area contributed by atoms with Crippen molar-refractivity contribution in [3.8, 4) is 5.75 Å². The van der Waals surface area contributed by atoms with E-state index in [1.807, 2.05) is 13.0 Å². The third kappa shape index (κ3) is 5.59. The lowest BCUT2D eigenvalue weighted by Crippen LogP contribution is -2.54. The Morgan fingerprint density at radius 3 is 2.31 bits per heavy atom. The number of carboxylic acid groups (broad SMARTS) is 1. The number of urea groups is 1. The van der Waals surface area contributed by atoms with Crippen LogP contribution in [0.15, 0.2) is 66.2 Å². The lowest BCUT2D eigenvalue weighted by Gasteiger charge is -2.26. The zero-order valence-corrected chi connectivity index (χ0v) is 23.1. The number of carbonyl (C=O) groups is 4. The number of hydrogen-bond donors (Lipinski definition) is 2. The maximum Gasteiger partial charge on any atom is 0.335 e. The summed E-state index contributed by atoms with van der Waals surface area (Å²) in [5.41, 5.74) is 2.69. The molecule has 1 fully saturated rings. The standard InChI is InChI=1S/C26H18I2N2O6/c1-14-3-2-4-18(9-14)30-24(32)19(23(31)29-26(30)35)10-16-11-20(27)22(21(28)12-16)36-13-15-5-7-17(8-6-15)25(33)34/h2-12H,13H2,1H3,(H,33,34)(H,29,31,35)/b19-10+. The minimum Gasteiger partial charge on any atom is -0.487 e. The lowest BCUT2D eigenvalue weighted by atomic mass is 10.1. The third-order valence-electron chi connectivity index (χ3n) is 5.28. The number of barbiturate groups is 1. The first-order chi connectivity index (χ1) is 17.1. The molecule has 1 aliphatic heterocycles. The molecular weight excluding hydrogens is 690 g/mol. The van der Waals surface area contributed by atoms with Crippen molar-refractivity contribution in [1.82, 2.24) is 5.32 Å². The van der Waals surface area contributed by atoms with Gasteiger partial charge in [0.25, 0.3) is 11.8 Å². The van der Waals surface area contributed by atoms with Crippen LogP contribution in [0.2, 0.25) is 0 Å². The number of carbonyl (C=O) groups excluding carboxylic acids is 3. The van der Waals surface area contributed by atoms with Crippen molar-refractivity contribution in [2.24, 2.45) is 0 Å². The Morgan fingerprint density at radius 2 is 1.69 bits per heavy atom. The monoisotopic (exact) mass is 708 g/mol. The van der Waals surface area contributed by atoms with Crippen LogP contribution in [0, 0.1) is 14.1 Å². The second kappa shape index (κ2) is 10.8. The maximum atomic E-state index is 13.1. The maximum absolute atomic E-state index is 13.1. The van der Waals surface area contributed by atoms with E-state index in [1.54, 1.807) is 42.5 Å². The Hall–Kier alpha value is -3.26. The second-order valence-electron chi connectivity index (χ2n) is 7.90. The Bertz CT molecular complexity index is 1410. The van der Waals surface area contributed by atoms with Crippen LogP contribution < -0.4 is 15.0 Å². The Morgan fingerprint density at radius 1 is 1.03 bits per heavy atom. The summed E-state index contributed by atoms with van der Waals surface area (Å²) in [7, 11) is 0. The normalized spacial score (nSPS) is 14.7. The molecule has 1 saturated heterocycles. The molecule has 0 radical (unpaired) electrons. The smallest absolute Gasteiger partial charge is 0.335 e. The van der Waals surface area contributed by atoms with Gasteiger partial charge in [-0.2, -0.15) is 0 Å². The van der Waals surface area contributed by atoms with Gasteiger partial charge in [-0.1, -0.05) is 24.3 Å². The van der Waals surface area contributed by atoms with Gasteiger partial charge >= 0.3 is 12.0 Å². The quantitative estimate of drug-likeness (QED) is 0.208. The Kier molecular flexibility index (Phi) is 7.73. The van der Waals surface area contributed by atoms with E-state index in [9.17, 15) is 19.2 Å². The fraction of sp³-hybridized carbons (Fsp3) is 0.0769. The van der Waals surface area contributed by atoms with Crippen molar-refractivity contribution in [3.63, 3.8) is 0 Å². The second-order valence-corrected chi connectivity index (χ2v) is 10.2. The van der Waals surface area contributed by atoms with Crippen molar-refractivity contribution in [3.05, 3.63) is 95.6 Å². The van der Waals surface area contributed by atoms with Crippen molar-refractivity contribution < 1.29 is 29.0 Å². The number of ether oxygens (including phenoxy) is 1. The van der Waals surface area contributed by atoms with Crippen LogP contribution in [-0.4, -0.2) is 28.9 Å². The first kappa shape index (κ1) is 25.8. The molecule has 1 aliphatic rings. The number of carboxylic acids is 1. The minimum absolute atomic E-state index is 0.158. The molecule has 4 amide bonds. The van der Waals surface area contributed by atoms with Crippen LogP contribution in [0.5, 0.6) is 5.75 Å². The number of anilines is 1. The molecule has 36 heavy (non-hydrogen) atoms. The number of hydrogen-bond acceptors (Lipinski definition) is 5. The van der Waals surface area contributed by atoms with E-state index in [0.29, 0.717) is 17.0 Å². The molecular formula is C26H18I2N2O6. The predicted octanol–water partition coefficient (Wildman–Crippen LogP) is 5.15. The summed E-state index contributed by atoms with van der Waals surface area (Å²) in [6, 6.07) is 16.1. The van der Waals surface area contributed by atoms with Gasteiger partial charge in [0.1, 0.15) is 17.9 Å². The molecule has 3 aromatic carbocycles. The van der Waals surface area contributed by atoms with Crippen LogP contribution in [0.1, 0.15) is 27.0 Å². The van der Waals surface area contributed by atoms with Gasteiger partial charge in [0.05, 0.1) is 18.4 Å². The molecule has 10 heteroatoms. The predicted molar refractivity (Wildman–Crippen MR) is 150 cm³/mol. The van der Waals surface area contributed by atoms with Gasteiger partial charge in [-0.3, -0.25) is 14.9 Å². The molecule has 1 heterocycles. The highest BCUT2D eigenvalue weighted by atomic mass is 127. The molecule has 0 aliphatic carbocycles. The van der Waals surface area contributed by atoms with E-state index in [4.69, 9.17) is 9.84 Å². The number of aryl methyl sites for hydroxylation is 1. The van der Waals surface area contributed by atoms with E-state index in [-0.39, 0.29) is 17.7 Å². The number of nitrogens with one attached hydrogen (secondary N) is 1. The van der Waals surface area contributed by atoms with Gasteiger partial charge in [-0.15, -0.1) is 0 Å². The number of rotatable bonds is 6. The number of aromatic carboxylic acids is 1. The van der Waals surface area contributed by atoms with Gasteiger partial charge in [-0.05, 0) is 111 Å². The molecule has 182 valence electrons. The van der Waals surface area contributed by atoms with Gasteiger partial charge < -0.3 is 9.84 Å². The molecule has 0 atom stereocenters. The fourth-order valence-electron chi connectivity index (χ4n) is 3.53. The molecule has 0 spiro atoms. The molecule has 0 bridgehead atoms. The van der Waals surface area contributed by atoms with E-state index in [1.165, 1.54) is 18.2 Å². The number of benzene rings is 3. The van der Waals surface area contributed by atoms with Crippen molar-refractivity contribution >= 4 is 80.8 Å². The summed E-state index contributed by atoms with van der Waals surface area (Å²) in [5.74, 6) is -1.84. The third-order valence-corrected chi connectivity index (χ3v) is 6.88. The summed E-state index contributed by atoms with van der Waals surface area (Å²) in [5, 5.41) is 11.3. The highest BCUT2D eigenvalue weighted by Crippen LogP contribution is 2.31. The topological polar surface area (TPSA) is 113 Å². The number of imide groups is 2. The van der Waals surface area contributed by atoms with E-state index in [0.717, 1.165) is 23.2 Å². The first-order valence-electron chi connectivity index (χ1n) is 10.6. The zero-order chi connectivity index (χ0) is 26.0. The van der Waals surface area contributed by atoms with Gasteiger partial charge in [0, 0.05) is 0 Å². The Balaban J connectivity index is 1.57. The van der Waals surface area contributed by atoms with Crippen molar-refractivity contribution in [2.75, 3.05) is 4.90 Å². The fourth-order valence-corrected chi connectivity index (χ4v) is 5.65.